The van der Waals surface area contributed by atoms with Crippen LogP contribution in [0.5, 0.6) is 0 Å². The highest BCUT2D eigenvalue weighted by Crippen LogP contribution is 2.38. The molecular weight excluding hydrogens is 304 g/mol. The van der Waals surface area contributed by atoms with Gasteiger partial charge in [0.25, 0.3) is 5.91 Å². The molecule has 0 atom stereocenters. The van der Waals surface area contributed by atoms with E-state index in [4.69, 9.17) is 0 Å². The molecule has 0 radical (unpaired) electrons. The molecule has 2 rings (SSSR count). The molecular formula is C15H21BrN2O. The number of hydrogen-bond donors (Lipinski definition) is 0. The summed E-state index contributed by atoms with van der Waals surface area (Å²) in [5.74, 6) is 0.0632. The van der Waals surface area contributed by atoms with Crippen LogP contribution in [0.25, 0.3) is 0 Å². The zero-order chi connectivity index (χ0) is 13.9. The van der Waals surface area contributed by atoms with Crippen LogP contribution in [0.3, 0.4) is 0 Å². The van der Waals surface area contributed by atoms with Gasteiger partial charge >= 0.3 is 0 Å². The number of hydrogen-bond acceptors (Lipinski definition) is 2. The Bertz CT molecular complexity index is 430. The van der Waals surface area contributed by atoms with Gasteiger partial charge in [-0.2, -0.15) is 0 Å². The Balaban J connectivity index is 2.01. The lowest BCUT2D eigenvalue weighted by Gasteiger charge is -2.40. The molecule has 0 aromatic carbocycles. The minimum absolute atomic E-state index is 0.0632. The van der Waals surface area contributed by atoms with Crippen molar-refractivity contribution >= 4 is 21.8 Å². The maximum absolute atomic E-state index is 12.3. The Morgan fingerprint density at radius 2 is 1.95 bits per heavy atom. The molecule has 0 bridgehead atoms. The van der Waals surface area contributed by atoms with Gasteiger partial charge in [-0.1, -0.05) is 26.7 Å². The van der Waals surface area contributed by atoms with Crippen LogP contribution in [0.1, 0.15) is 50.0 Å². The highest BCUT2D eigenvalue weighted by Gasteiger charge is 2.33. The van der Waals surface area contributed by atoms with E-state index in [9.17, 15) is 4.79 Å². The van der Waals surface area contributed by atoms with E-state index in [0.29, 0.717) is 11.1 Å². The second-order valence-corrected chi connectivity index (χ2v) is 6.28. The predicted molar refractivity (Wildman–Crippen MR) is 80.1 cm³/mol. The molecule has 1 amide bonds. The summed E-state index contributed by atoms with van der Waals surface area (Å²) in [6.45, 7) is 6.24. The molecule has 1 aliphatic rings. The summed E-state index contributed by atoms with van der Waals surface area (Å²) in [7, 11) is 0. The Morgan fingerprint density at radius 1 is 1.32 bits per heavy atom. The van der Waals surface area contributed by atoms with Crippen LogP contribution < -0.4 is 0 Å². The van der Waals surface area contributed by atoms with Gasteiger partial charge < -0.3 is 4.90 Å². The molecule has 19 heavy (non-hydrogen) atoms. The summed E-state index contributed by atoms with van der Waals surface area (Å²) in [5.41, 5.74) is 0.993. The van der Waals surface area contributed by atoms with Gasteiger partial charge in [-0.25, -0.2) is 4.98 Å². The fraction of sp³-hybridized carbons (Fsp3) is 0.600. The van der Waals surface area contributed by atoms with Gasteiger partial charge in [-0.3, -0.25) is 4.79 Å². The summed E-state index contributed by atoms with van der Waals surface area (Å²) in [6, 6.07) is 3.65. The molecule has 1 aromatic rings. The smallest absolute Gasteiger partial charge is 0.272 e. The fourth-order valence-electron chi connectivity index (χ4n) is 2.81. The second-order valence-electron chi connectivity index (χ2n) is 5.36. The van der Waals surface area contributed by atoms with E-state index >= 15 is 0 Å². The Kier molecular flexibility index (Phi) is 4.61. The number of carbonyl (C=O) groups is 1. The monoisotopic (exact) mass is 324 g/mol. The maximum Gasteiger partial charge on any atom is 0.272 e. The quantitative estimate of drug-likeness (QED) is 0.845. The van der Waals surface area contributed by atoms with Crippen molar-refractivity contribution in [2.75, 3.05) is 13.1 Å². The number of aromatic nitrogens is 1. The molecule has 0 saturated carbocycles. The summed E-state index contributed by atoms with van der Waals surface area (Å²) in [4.78, 5) is 18.5. The molecule has 4 heteroatoms. The third-order valence-corrected chi connectivity index (χ3v) is 5.03. The summed E-state index contributed by atoms with van der Waals surface area (Å²) in [6.07, 6.45) is 6.33. The zero-order valence-electron chi connectivity index (χ0n) is 11.7. The van der Waals surface area contributed by atoms with Crippen molar-refractivity contribution in [3.05, 3.63) is 28.5 Å². The molecule has 1 aromatic heterocycles. The molecule has 0 aliphatic carbocycles. The van der Waals surface area contributed by atoms with Crippen molar-refractivity contribution in [2.24, 2.45) is 5.41 Å². The van der Waals surface area contributed by atoms with Gasteiger partial charge in [-0.05, 0) is 46.3 Å². The van der Waals surface area contributed by atoms with Crippen molar-refractivity contribution in [1.82, 2.24) is 9.88 Å². The summed E-state index contributed by atoms with van der Waals surface area (Å²) in [5, 5.41) is 0. The lowest BCUT2D eigenvalue weighted by Crippen LogP contribution is -2.43. The van der Waals surface area contributed by atoms with Crippen molar-refractivity contribution in [2.45, 2.75) is 39.5 Å². The second kappa shape index (κ2) is 6.04. The molecule has 0 unspecified atom stereocenters. The number of halogens is 1. The van der Waals surface area contributed by atoms with E-state index in [1.165, 1.54) is 12.8 Å². The van der Waals surface area contributed by atoms with E-state index in [0.717, 1.165) is 30.4 Å². The third kappa shape index (κ3) is 3.16. The zero-order valence-corrected chi connectivity index (χ0v) is 13.2. The number of piperidine rings is 1. The first-order valence-corrected chi connectivity index (χ1v) is 7.80. The van der Waals surface area contributed by atoms with Gasteiger partial charge in [0.1, 0.15) is 5.69 Å². The van der Waals surface area contributed by atoms with Crippen LogP contribution in [0.15, 0.2) is 22.8 Å². The first-order chi connectivity index (χ1) is 9.10. The molecule has 0 spiro atoms. The van der Waals surface area contributed by atoms with Gasteiger partial charge in [0, 0.05) is 23.8 Å². The van der Waals surface area contributed by atoms with Crippen molar-refractivity contribution in [3.63, 3.8) is 0 Å². The SMILES string of the molecule is CCC1(CC)CCN(C(=O)c2ccc(Br)cn2)CC1. The molecule has 1 saturated heterocycles. The average molecular weight is 325 g/mol. The molecule has 2 heterocycles. The largest absolute Gasteiger partial charge is 0.337 e. The van der Waals surface area contributed by atoms with Crippen LogP contribution in [-0.2, 0) is 0 Å². The standard InChI is InChI=1S/C15H21BrN2O/c1-3-15(4-2)7-9-18(10-8-15)14(19)13-6-5-12(16)11-17-13/h5-6,11H,3-4,7-10H2,1-2H3. The Hall–Kier alpha value is -0.900. The lowest BCUT2D eigenvalue weighted by molar-refractivity contribution is 0.0552. The number of likely N-dealkylation sites (tertiary alicyclic amines) is 1. The van der Waals surface area contributed by atoms with Crippen LogP contribution in [0.4, 0.5) is 0 Å². The maximum atomic E-state index is 12.3. The van der Waals surface area contributed by atoms with E-state index < -0.39 is 0 Å². The van der Waals surface area contributed by atoms with E-state index in [-0.39, 0.29) is 5.91 Å². The van der Waals surface area contributed by atoms with Crippen LogP contribution in [0, 0.1) is 5.41 Å². The number of pyridine rings is 1. The minimum Gasteiger partial charge on any atom is -0.337 e. The van der Waals surface area contributed by atoms with Gasteiger partial charge in [0.2, 0.25) is 0 Å². The average Bonchev–Trinajstić information content (AvgIpc) is 2.47. The van der Waals surface area contributed by atoms with Crippen molar-refractivity contribution < 1.29 is 4.79 Å². The topological polar surface area (TPSA) is 33.2 Å². The molecule has 3 nitrogen and oxygen atoms in total. The van der Waals surface area contributed by atoms with Crippen LogP contribution in [-0.4, -0.2) is 28.9 Å². The van der Waals surface area contributed by atoms with Gasteiger partial charge in [-0.15, -0.1) is 0 Å². The van der Waals surface area contributed by atoms with Crippen molar-refractivity contribution in [3.8, 4) is 0 Å². The number of rotatable bonds is 3. The third-order valence-electron chi connectivity index (χ3n) is 4.56. The number of amides is 1. The lowest BCUT2D eigenvalue weighted by atomic mass is 9.74. The molecule has 0 N–H and O–H groups in total. The highest BCUT2D eigenvalue weighted by atomic mass is 79.9. The molecule has 1 aliphatic heterocycles. The van der Waals surface area contributed by atoms with Gasteiger partial charge in [0.05, 0.1) is 0 Å². The van der Waals surface area contributed by atoms with Crippen LogP contribution >= 0.6 is 15.9 Å². The normalized spacial score (nSPS) is 18.4. The first-order valence-electron chi connectivity index (χ1n) is 7.01. The Morgan fingerprint density at radius 3 is 2.42 bits per heavy atom. The highest BCUT2D eigenvalue weighted by molar-refractivity contribution is 9.10. The minimum atomic E-state index is 0.0632. The van der Waals surface area contributed by atoms with E-state index in [1.807, 2.05) is 11.0 Å². The molecule has 104 valence electrons. The number of nitrogens with zero attached hydrogens (tertiary/aromatic N) is 2. The summed E-state index contributed by atoms with van der Waals surface area (Å²) < 4.78 is 0.902. The van der Waals surface area contributed by atoms with Gasteiger partial charge in [0.15, 0.2) is 0 Å². The van der Waals surface area contributed by atoms with Crippen LogP contribution in [0.2, 0.25) is 0 Å². The summed E-state index contributed by atoms with van der Waals surface area (Å²) >= 11 is 3.34. The fourth-order valence-corrected chi connectivity index (χ4v) is 3.04. The molecule has 1 fully saturated rings. The first kappa shape index (κ1) is 14.5. The van der Waals surface area contributed by atoms with E-state index in [1.54, 1.807) is 12.3 Å². The Labute approximate surface area is 123 Å². The van der Waals surface area contributed by atoms with Crippen molar-refractivity contribution in [1.29, 1.82) is 0 Å². The predicted octanol–water partition coefficient (Wildman–Crippen LogP) is 3.89. The number of carbonyl (C=O) groups excluding carboxylic acids is 1. The van der Waals surface area contributed by atoms with E-state index in [2.05, 4.69) is 34.8 Å².